The number of nitrogens with one attached hydrogen (secondary N) is 1. The summed E-state index contributed by atoms with van der Waals surface area (Å²) < 4.78 is 35.0. The molecule has 0 aliphatic rings. The van der Waals surface area contributed by atoms with Crippen LogP contribution in [0.25, 0.3) is 0 Å². The number of alkyl halides is 1. The lowest BCUT2D eigenvalue weighted by molar-refractivity contribution is 0.342. The topological polar surface area (TPSA) is 46.2 Å². The van der Waals surface area contributed by atoms with Crippen molar-refractivity contribution >= 4 is 10.0 Å². The van der Waals surface area contributed by atoms with Gasteiger partial charge in [0.1, 0.15) is 0 Å². The van der Waals surface area contributed by atoms with Crippen molar-refractivity contribution in [1.29, 1.82) is 0 Å². The maximum Gasteiger partial charge on any atom is 0.208 e. The van der Waals surface area contributed by atoms with Gasteiger partial charge in [-0.25, -0.2) is 17.5 Å². The Morgan fingerprint density at radius 2 is 2.10 bits per heavy atom. The molecule has 5 heteroatoms. The largest absolute Gasteiger partial charge is 0.248 e. The van der Waals surface area contributed by atoms with Crippen LogP contribution in [0.3, 0.4) is 0 Å². The average Bonchev–Trinajstić information content (AvgIpc) is 1.59. The molecule has 0 spiro atoms. The third kappa shape index (κ3) is 7.84. The molecule has 0 heterocycles. The molecule has 0 rings (SSSR count). The standard InChI is InChI=1S/C5H12FNO2S/c1-5(6)3-4-7-10(2,8)9/h5,7H,3-4H2,1-2H3. The summed E-state index contributed by atoms with van der Waals surface area (Å²) in [6, 6.07) is 0. The molecular weight excluding hydrogens is 157 g/mol. The Morgan fingerprint density at radius 1 is 1.60 bits per heavy atom. The fraction of sp³-hybridized carbons (Fsp3) is 1.00. The van der Waals surface area contributed by atoms with Gasteiger partial charge in [0.05, 0.1) is 12.4 Å². The first-order valence-corrected chi connectivity index (χ1v) is 4.89. The molecule has 1 atom stereocenters. The maximum atomic E-state index is 12.0. The second-order valence-corrected chi connectivity index (χ2v) is 4.07. The van der Waals surface area contributed by atoms with Crippen LogP contribution in [-0.4, -0.2) is 27.4 Å². The van der Waals surface area contributed by atoms with Gasteiger partial charge < -0.3 is 0 Å². The van der Waals surface area contributed by atoms with Crippen LogP contribution >= 0.6 is 0 Å². The van der Waals surface area contributed by atoms with Gasteiger partial charge in [-0.05, 0) is 13.3 Å². The van der Waals surface area contributed by atoms with Crippen molar-refractivity contribution in [2.24, 2.45) is 0 Å². The molecule has 0 aliphatic heterocycles. The minimum atomic E-state index is -3.14. The van der Waals surface area contributed by atoms with Crippen LogP contribution in [0.2, 0.25) is 0 Å². The fourth-order valence-corrected chi connectivity index (χ4v) is 0.932. The molecule has 0 saturated heterocycles. The first-order valence-electron chi connectivity index (χ1n) is 3.00. The van der Waals surface area contributed by atoms with Crippen molar-refractivity contribution in [2.45, 2.75) is 19.5 Å². The summed E-state index contributed by atoms with van der Waals surface area (Å²) in [6.45, 7) is 1.57. The molecule has 1 N–H and O–H groups in total. The van der Waals surface area contributed by atoms with E-state index in [-0.39, 0.29) is 13.0 Å². The van der Waals surface area contributed by atoms with E-state index in [1.807, 2.05) is 0 Å². The van der Waals surface area contributed by atoms with E-state index < -0.39 is 16.2 Å². The second-order valence-electron chi connectivity index (χ2n) is 2.24. The highest BCUT2D eigenvalue weighted by Gasteiger charge is 2.01. The molecule has 62 valence electrons. The predicted octanol–water partition coefficient (Wildman–Crippen LogP) is 0.284. The molecule has 10 heavy (non-hydrogen) atoms. The Bertz CT molecular complexity index is 176. The molecule has 0 aromatic rings. The molecular formula is C5H12FNO2S. The summed E-state index contributed by atoms with van der Waals surface area (Å²) in [5.74, 6) is 0. The molecule has 0 bridgehead atoms. The summed E-state index contributed by atoms with van der Waals surface area (Å²) >= 11 is 0. The van der Waals surface area contributed by atoms with E-state index in [0.717, 1.165) is 6.26 Å². The van der Waals surface area contributed by atoms with Crippen molar-refractivity contribution in [3.05, 3.63) is 0 Å². The van der Waals surface area contributed by atoms with Gasteiger partial charge in [-0.3, -0.25) is 0 Å². The third-order valence-electron chi connectivity index (χ3n) is 0.906. The van der Waals surface area contributed by atoms with Gasteiger partial charge in [-0.15, -0.1) is 0 Å². The minimum absolute atomic E-state index is 0.177. The van der Waals surface area contributed by atoms with Crippen molar-refractivity contribution in [3.63, 3.8) is 0 Å². The van der Waals surface area contributed by atoms with Gasteiger partial charge in [0.25, 0.3) is 0 Å². The van der Waals surface area contributed by atoms with Crippen molar-refractivity contribution in [1.82, 2.24) is 4.72 Å². The summed E-state index contributed by atoms with van der Waals surface area (Å²) in [6.07, 6.45) is 0.331. The third-order valence-corrected chi connectivity index (χ3v) is 1.63. The normalized spacial score (nSPS) is 15.1. The smallest absolute Gasteiger partial charge is 0.208 e. The van der Waals surface area contributed by atoms with Crippen LogP contribution in [-0.2, 0) is 10.0 Å². The highest BCUT2D eigenvalue weighted by molar-refractivity contribution is 7.88. The first-order chi connectivity index (χ1) is 4.42. The first kappa shape index (κ1) is 9.84. The lowest BCUT2D eigenvalue weighted by atomic mass is 10.3. The van der Waals surface area contributed by atoms with Crippen LogP contribution in [0, 0.1) is 0 Å². The van der Waals surface area contributed by atoms with Gasteiger partial charge >= 0.3 is 0 Å². The summed E-state index contributed by atoms with van der Waals surface area (Å²) in [5, 5.41) is 0. The zero-order valence-electron chi connectivity index (χ0n) is 6.09. The van der Waals surface area contributed by atoms with Gasteiger partial charge in [-0.2, -0.15) is 0 Å². The predicted molar refractivity (Wildman–Crippen MR) is 38.0 cm³/mol. The average molecular weight is 169 g/mol. The highest BCUT2D eigenvalue weighted by Crippen LogP contribution is 1.92. The van der Waals surface area contributed by atoms with E-state index in [1.165, 1.54) is 6.92 Å². The van der Waals surface area contributed by atoms with Crippen LogP contribution < -0.4 is 4.72 Å². The van der Waals surface area contributed by atoms with Crippen LogP contribution in [0.15, 0.2) is 0 Å². The van der Waals surface area contributed by atoms with Gasteiger partial charge in [0, 0.05) is 6.54 Å². The molecule has 0 aliphatic carbocycles. The summed E-state index contributed by atoms with van der Waals surface area (Å²) in [4.78, 5) is 0. The Morgan fingerprint density at radius 3 is 2.40 bits per heavy atom. The number of sulfonamides is 1. The molecule has 0 aromatic carbocycles. The van der Waals surface area contributed by atoms with Crippen molar-refractivity contribution in [3.8, 4) is 0 Å². The molecule has 3 nitrogen and oxygen atoms in total. The van der Waals surface area contributed by atoms with Crippen LogP contribution in [0.5, 0.6) is 0 Å². The van der Waals surface area contributed by atoms with Crippen LogP contribution in [0.1, 0.15) is 13.3 Å². The van der Waals surface area contributed by atoms with E-state index in [1.54, 1.807) is 0 Å². The highest BCUT2D eigenvalue weighted by atomic mass is 32.2. The molecule has 0 fully saturated rings. The molecule has 1 unspecified atom stereocenters. The van der Waals surface area contributed by atoms with Gasteiger partial charge in [0.15, 0.2) is 0 Å². The Labute approximate surface area is 60.7 Å². The van der Waals surface area contributed by atoms with E-state index in [4.69, 9.17) is 0 Å². The Kier molecular flexibility index (Phi) is 3.81. The number of halogens is 1. The second kappa shape index (κ2) is 3.88. The zero-order chi connectivity index (χ0) is 8.20. The maximum absolute atomic E-state index is 12.0. The number of hydrogen-bond acceptors (Lipinski definition) is 2. The zero-order valence-corrected chi connectivity index (χ0v) is 6.91. The molecule has 0 amide bonds. The summed E-state index contributed by atoms with van der Waals surface area (Å²) in [5.41, 5.74) is 0. The minimum Gasteiger partial charge on any atom is -0.248 e. The SMILES string of the molecule is CC(F)CCNS(C)(=O)=O. The van der Waals surface area contributed by atoms with E-state index in [0.29, 0.717) is 0 Å². The Balaban J connectivity index is 3.39. The lowest BCUT2D eigenvalue weighted by Crippen LogP contribution is -2.24. The number of rotatable bonds is 4. The van der Waals surface area contributed by atoms with Gasteiger partial charge in [-0.1, -0.05) is 0 Å². The van der Waals surface area contributed by atoms with Gasteiger partial charge in [0.2, 0.25) is 10.0 Å². The summed E-state index contributed by atoms with van der Waals surface area (Å²) in [7, 11) is -3.14. The van der Waals surface area contributed by atoms with E-state index in [2.05, 4.69) is 4.72 Å². The van der Waals surface area contributed by atoms with Crippen LogP contribution in [0.4, 0.5) is 4.39 Å². The fourth-order valence-electron chi connectivity index (χ4n) is 0.443. The molecule has 0 aromatic heterocycles. The molecule has 0 saturated carbocycles. The van der Waals surface area contributed by atoms with Crippen molar-refractivity contribution in [2.75, 3.05) is 12.8 Å². The van der Waals surface area contributed by atoms with E-state index >= 15 is 0 Å². The quantitative estimate of drug-likeness (QED) is 0.657. The lowest BCUT2D eigenvalue weighted by Gasteiger charge is -2.01. The van der Waals surface area contributed by atoms with E-state index in [9.17, 15) is 12.8 Å². The van der Waals surface area contributed by atoms with Crippen molar-refractivity contribution < 1.29 is 12.8 Å². The molecule has 0 radical (unpaired) electrons. The monoisotopic (exact) mass is 169 g/mol. The Hall–Kier alpha value is -0.160. The number of hydrogen-bond donors (Lipinski definition) is 1.